The summed E-state index contributed by atoms with van der Waals surface area (Å²) in [6, 6.07) is 0. The van der Waals surface area contributed by atoms with E-state index in [1.807, 2.05) is 0 Å². The van der Waals surface area contributed by atoms with Gasteiger partial charge in [0.15, 0.2) is 0 Å². The van der Waals surface area contributed by atoms with Crippen LogP contribution in [0.4, 0.5) is 0 Å². The molecule has 2 N–H and O–H groups in total. The molecule has 102 valence electrons. The van der Waals surface area contributed by atoms with Gasteiger partial charge < -0.3 is 9.47 Å². The van der Waals surface area contributed by atoms with E-state index in [0.29, 0.717) is 26.1 Å². The van der Waals surface area contributed by atoms with Gasteiger partial charge in [0, 0.05) is 6.61 Å². The second-order valence-electron chi connectivity index (χ2n) is 4.07. The van der Waals surface area contributed by atoms with Crippen LogP contribution in [-0.4, -0.2) is 37.2 Å². The molecule has 1 aliphatic rings. The van der Waals surface area contributed by atoms with Crippen molar-refractivity contribution in [3.05, 3.63) is 12.7 Å². The third-order valence-electron chi connectivity index (χ3n) is 2.59. The molecule has 2 unspecified atom stereocenters. The Morgan fingerprint density at radius 2 is 2.33 bits per heavy atom. The monoisotopic (exact) mass is 256 g/mol. The smallest absolute Gasteiger partial charge is 0.267 e. The van der Waals surface area contributed by atoms with Crippen molar-refractivity contribution in [1.82, 2.24) is 10.9 Å². The van der Waals surface area contributed by atoms with E-state index >= 15 is 0 Å². The zero-order chi connectivity index (χ0) is 13.4. The van der Waals surface area contributed by atoms with Gasteiger partial charge in [-0.2, -0.15) is 0 Å². The number of nitrogens with one attached hydrogen (secondary N) is 2. The average molecular weight is 256 g/mol. The van der Waals surface area contributed by atoms with Crippen LogP contribution in [-0.2, 0) is 19.1 Å². The zero-order valence-corrected chi connectivity index (χ0v) is 10.6. The number of hydrogen-bond acceptors (Lipinski definition) is 4. The van der Waals surface area contributed by atoms with Gasteiger partial charge in [0.25, 0.3) is 11.8 Å². The van der Waals surface area contributed by atoms with Gasteiger partial charge in [0.2, 0.25) is 0 Å². The SMILES string of the molecule is C=CCCOC(C)C(=O)NNC(=O)C1CCCO1. The van der Waals surface area contributed by atoms with E-state index in [1.54, 1.807) is 13.0 Å². The summed E-state index contributed by atoms with van der Waals surface area (Å²) < 4.78 is 10.4. The maximum absolute atomic E-state index is 11.5. The molecule has 0 spiro atoms. The van der Waals surface area contributed by atoms with Gasteiger partial charge in [0.1, 0.15) is 12.2 Å². The van der Waals surface area contributed by atoms with Crippen molar-refractivity contribution in [3.8, 4) is 0 Å². The Labute approximate surface area is 107 Å². The van der Waals surface area contributed by atoms with Crippen LogP contribution in [0.25, 0.3) is 0 Å². The second kappa shape index (κ2) is 7.84. The summed E-state index contributed by atoms with van der Waals surface area (Å²) in [5.41, 5.74) is 4.65. The van der Waals surface area contributed by atoms with Gasteiger partial charge in [-0.05, 0) is 26.2 Å². The highest BCUT2D eigenvalue weighted by Crippen LogP contribution is 2.11. The molecule has 6 nitrogen and oxygen atoms in total. The minimum atomic E-state index is -0.616. The second-order valence-corrected chi connectivity index (χ2v) is 4.07. The van der Waals surface area contributed by atoms with Crippen LogP contribution >= 0.6 is 0 Å². The number of hydrazine groups is 1. The van der Waals surface area contributed by atoms with Crippen molar-refractivity contribution in [3.63, 3.8) is 0 Å². The predicted molar refractivity (Wildman–Crippen MR) is 65.5 cm³/mol. The molecule has 0 aromatic carbocycles. The van der Waals surface area contributed by atoms with E-state index < -0.39 is 12.2 Å². The lowest BCUT2D eigenvalue weighted by atomic mass is 10.2. The fourth-order valence-corrected chi connectivity index (χ4v) is 1.49. The first-order valence-electron chi connectivity index (χ1n) is 6.09. The highest BCUT2D eigenvalue weighted by molar-refractivity contribution is 5.86. The number of amides is 2. The number of carbonyl (C=O) groups excluding carboxylic acids is 2. The molecular weight excluding hydrogens is 236 g/mol. The molecule has 0 aromatic heterocycles. The van der Waals surface area contributed by atoms with Crippen LogP contribution < -0.4 is 10.9 Å². The standard InChI is InChI=1S/C12H20N2O4/c1-3-4-7-17-9(2)11(15)13-14-12(16)10-6-5-8-18-10/h3,9-10H,1,4-8H2,2H3,(H,13,15)(H,14,16). The molecule has 0 aliphatic carbocycles. The van der Waals surface area contributed by atoms with Crippen molar-refractivity contribution in [2.45, 2.75) is 38.4 Å². The fraction of sp³-hybridized carbons (Fsp3) is 0.667. The van der Waals surface area contributed by atoms with Gasteiger partial charge in [-0.1, -0.05) is 6.08 Å². The molecular formula is C12H20N2O4. The molecule has 2 amide bonds. The molecule has 0 bridgehead atoms. The van der Waals surface area contributed by atoms with Crippen molar-refractivity contribution < 1.29 is 19.1 Å². The number of hydrogen-bond donors (Lipinski definition) is 2. The van der Waals surface area contributed by atoms with E-state index in [4.69, 9.17) is 9.47 Å². The number of carbonyl (C=O) groups is 2. The summed E-state index contributed by atoms with van der Waals surface area (Å²) in [6.07, 6.45) is 2.88. The summed E-state index contributed by atoms with van der Waals surface area (Å²) in [4.78, 5) is 23.1. The Bertz CT molecular complexity index is 300. The summed E-state index contributed by atoms with van der Waals surface area (Å²) >= 11 is 0. The third kappa shape index (κ3) is 4.85. The van der Waals surface area contributed by atoms with Crippen LogP contribution in [0.2, 0.25) is 0 Å². The molecule has 0 aromatic rings. The molecule has 6 heteroatoms. The molecule has 1 aliphatic heterocycles. The first kappa shape index (κ1) is 14.7. The quantitative estimate of drug-likeness (QED) is 0.407. The highest BCUT2D eigenvalue weighted by atomic mass is 16.5. The minimum absolute atomic E-state index is 0.320. The lowest BCUT2D eigenvalue weighted by Crippen LogP contribution is -2.49. The molecule has 0 radical (unpaired) electrons. The number of ether oxygens (including phenoxy) is 2. The summed E-state index contributed by atoms with van der Waals surface area (Å²) in [7, 11) is 0. The van der Waals surface area contributed by atoms with Crippen LogP contribution in [0.1, 0.15) is 26.2 Å². The van der Waals surface area contributed by atoms with Crippen LogP contribution in [0.15, 0.2) is 12.7 Å². The minimum Gasteiger partial charge on any atom is -0.368 e. The Morgan fingerprint density at radius 3 is 2.94 bits per heavy atom. The molecule has 1 saturated heterocycles. The van der Waals surface area contributed by atoms with E-state index in [9.17, 15) is 9.59 Å². The fourth-order valence-electron chi connectivity index (χ4n) is 1.49. The van der Waals surface area contributed by atoms with Crippen molar-refractivity contribution in [2.75, 3.05) is 13.2 Å². The topological polar surface area (TPSA) is 76.7 Å². The van der Waals surface area contributed by atoms with Crippen molar-refractivity contribution in [2.24, 2.45) is 0 Å². The summed E-state index contributed by atoms with van der Waals surface area (Å²) in [5.74, 6) is -0.704. The highest BCUT2D eigenvalue weighted by Gasteiger charge is 2.24. The van der Waals surface area contributed by atoms with Gasteiger partial charge >= 0.3 is 0 Å². The lowest BCUT2D eigenvalue weighted by molar-refractivity contribution is -0.139. The maximum atomic E-state index is 11.5. The van der Waals surface area contributed by atoms with Crippen LogP contribution in [0.3, 0.4) is 0 Å². The largest absolute Gasteiger partial charge is 0.368 e. The number of rotatable bonds is 6. The Morgan fingerprint density at radius 1 is 1.56 bits per heavy atom. The van der Waals surface area contributed by atoms with E-state index in [1.165, 1.54) is 0 Å². The van der Waals surface area contributed by atoms with Gasteiger partial charge in [0.05, 0.1) is 6.61 Å². The van der Waals surface area contributed by atoms with Gasteiger partial charge in [-0.25, -0.2) is 0 Å². The third-order valence-corrected chi connectivity index (χ3v) is 2.59. The van der Waals surface area contributed by atoms with Crippen molar-refractivity contribution >= 4 is 11.8 Å². The Balaban J connectivity index is 2.18. The van der Waals surface area contributed by atoms with Crippen LogP contribution in [0.5, 0.6) is 0 Å². The molecule has 2 atom stereocenters. The molecule has 1 fully saturated rings. The van der Waals surface area contributed by atoms with Gasteiger partial charge in [-0.3, -0.25) is 20.4 Å². The maximum Gasteiger partial charge on any atom is 0.267 e. The van der Waals surface area contributed by atoms with Gasteiger partial charge in [-0.15, -0.1) is 6.58 Å². The zero-order valence-electron chi connectivity index (χ0n) is 10.6. The molecule has 1 heterocycles. The van der Waals surface area contributed by atoms with E-state index in [-0.39, 0.29) is 11.8 Å². The lowest BCUT2D eigenvalue weighted by Gasteiger charge is -2.15. The first-order chi connectivity index (χ1) is 8.65. The van der Waals surface area contributed by atoms with Crippen LogP contribution in [0, 0.1) is 0 Å². The van der Waals surface area contributed by atoms with Crippen molar-refractivity contribution in [1.29, 1.82) is 0 Å². The molecule has 0 saturated carbocycles. The summed E-state index contributed by atoms with van der Waals surface area (Å²) in [5, 5.41) is 0. The predicted octanol–water partition coefficient (Wildman–Crippen LogP) is 0.294. The van der Waals surface area contributed by atoms with E-state index in [0.717, 1.165) is 6.42 Å². The first-order valence-corrected chi connectivity index (χ1v) is 6.09. The Hall–Kier alpha value is -1.40. The summed E-state index contributed by atoms with van der Waals surface area (Å²) in [6.45, 7) is 6.19. The normalized spacial score (nSPS) is 20.2. The average Bonchev–Trinajstić information content (AvgIpc) is 2.89. The molecule has 18 heavy (non-hydrogen) atoms. The Kier molecular flexibility index (Phi) is 6.38. The molecule has 1 rings (SSSR count). The van der Waals surface area contributed by atoms with E-state index in [2.05, 4.69) is 17.4 Å².